The van der Waals surface area contributed by atoms with E-state index in [2.05, 4.69) is 15.3 Å². The number of nitrogens with zero attached hydrogens (tertiary/aromatic N) is 4. The molecule has 2 aromatic rings. The third-order valence-corrected chi connectivity index (χ3v) is 2.12. The summed E-state index contributed by atoms with van der Waals surface area (Å²) >= 11 is 0. The average molecular weight is 241 g/mol. The quantitative estimate of drug-likeness (QED) is 0.650. The van der Waals surface area contributed by atoms with Gasteiger partial charge >= 0.3 is 5.69 Å². The molecule has 0 amide bonds. The Labute approximate surface area is 102 Å². The molecule has 7 heteroatoms. The summed E-state index contributed by atoms with van der Waals surface area (Å²) in [6.45, 7) is 0. The molecule has 0 aliphatic rings. The monoisotopic (exact) mass is 241 g/mol. The van der Waals surface area contributed by atoms with Crippen LogP contribution in [0.15, 0.2) is 36.7 Å². The van der Waals surface area contributed by atoms with Crippen LogP contribution >= 0.6 is 0 Å². The van der Waals surface area contributed by atoms with Crippen molar-refractivity contribution < 1.29 is 4.92 Å². The van der Waals surface area contributed by atoms with Crippen LogP contribution in [-0.2, 0) is 0 Å². The predicted molar refractivity (Wildman–Crippen MR) is 63.1 cm³/mol. The van der Waals surface area contributed by atoms with Gasteiger partial charge in [0.25, 0.3) is 0 Å². The Morgan fingerprint density at radius 3 is 2.78 bits per heavy atom. The van der Waals surface area contributed by atoms with E-state index < -0.39 is 4.92 Å². The molecule has 1 N–H and O–H groups in total. The fraction of sp³-hybridized carbons (Fsp3) is 0. The van der Waals surface area contributed by atoms with Crippen LogP contribution < -0.4 is 5.32 Å². The molecule has 88 valence electrons. The highest BCUT2D eigenvalue weighted by Gasteiger charge is 2.13. The minimum Gasteiger partial charge on any atom is -0.333 e. The van der Waals surface area contributed by atoms with Gasteiger partial charge in [-0.1, -0.05) is 0 Å². The molecule has 0 aromatic carbocycles. The van der Waals surface area contributed by atoms with Crippen LogP contribution in [0.3, 0.4) is 0 Å². The van der Waals surface area contributed by atoms with Crippen LogP contribution in [0.25, 0.3) is 0 Å². The topological polar surface area (TPSA) is 105 Å². The summed E-state index contributed by atoms with van der Waals surface area (Å²) in [6.07, 6.45) is 2.86. The van der Waals surface area contributed by atoms with Crippen LogP contribution in [0, 0.1) is 21.4 Å². The number of anilines is 2. The highest BCUT2D eigenvalue weighted by Crippen LogP contribution is 2.23. The van der Waals surface area contributed by atoms with Gasteiger partial charge in [0.15, 0.2) is 0 Å². The van der Waals surface area contributed by atoms with E-state index in [-0.39, 0.29) is 17.2 Å². The molecule has 0 unspecified atom stereocenters. The fourth-order valence-electron chi connectivity index (χ4n) is 1.31. The Hall–Kier alpha value is -3.01. The number of nitrogens with one attached hydrogen (secondary N) is 1. The first kappa shape index (κ1) is 11.5. The van der Waals surface area contributed by atoms with E-state index >= 15 is 0 Å². The number of aromatic nitrogens is 2. The summed E-state index contributed by atoms with van der Waals surface area (Å²) in [5.41, 5.74) is 0.675. The zero-order chi connectivity index (χ0) is 13.0. The van der Waals surface area contributed by atoms with Gasteiger partial charge in [0.1, 0.15) is 11.8 Å². The second-order valence-corrected chi connectivity index (χ2v) is 3.30. The minimum absolute atomic E-state index is 0.123. The van der Waals surface area contributed by atoms with Crippen molar-refractivity contribution in [1.82, 2.24) is 9.97 Å². The number of pyridine rings is 2. The van der Waals surface area contributed by atoms with Crippen molar-refractivity contribution in [3.8, 4) is 6.07 Å². The summed E-state index contributed by atoms with van der Waals surface area (Å²) in [7, 11) is 0. The van der Waals surface area contributed by atoms with Crippen molar-refractivity contribution in [2.75, 3.05) is 5.32 Å². The Kier molecular flexibility index (Phi) is 3.11. The summed E-state index contributed by atoms with van der Waals surface area (Å²) < 4.78 is 0. The van der Waals surface area contributed by atoms with Gasteiger partial charge in [0.2, 0.25) is 5.82 Å². The number of nitriles is 1. The van der Waals surface area contributed by atoms with Gasteiger partial charge in [0, 0.05) is 12.3 Å². The van der Waals surface area contributed by atoms with E-state index in [4.69, 9.17) is 5.26 Å². The van der Waals surface area contributed by atoms with Crippen molar-refractivity contribution >= 4 is 17.2 Å². The smallest absolute Gasteiger partial charge is 0.311 e. The van der Waals surface area contributed by atoms with Crippen molar-refractivity contribution in [3.63, 3.8) is 0 Å². The maximum Gasteiger partial charge on any atom is 0.311 e. The van der Waals surface area contributed by atoms with Crippen LogP contribution in [-0.4, -0.2) is 14.9 Å². The summed E-state index contributed by atoms with van der Waals surface area (Å²) in [4.78, 5) is 18.0. The maximum atomic E-state index is 10.8. The molecule has 2 heterocycles. The SMILES string of the molecule is N#Cc1ccc(Nc2ncccc2[N+](=O)[O-])cn1. The molecular weight excluding hydrogens is 234 g/mol. The van der Waals surface area contributed by atoms with Crippen molar-refractivity contribution in [2.45, 2.75) is 0 Å². The Bertz CT molecular complexity index is 618. The molecule has 0 radical (unpaired) electrons. The molecule has 2 rings (SSSR count). The van der Waals surface area contributed by atoms with Crippen molar-refractivity contribution in [2.24, 2.45) is 0 Å². The first-order valence-electron chi connectivity index (χ1n) is 4.93. The van der Waals surface area contributed by atoms with Gasteiger partial charge in [-0.25, -0.2) is 9.97 Å². The van der Waals surface area contributed by atoms with E-state index in [1.807, 2.05) is 6.07 Å². The fourth-order valence-corrected chi connectivity index (χ4v) is 1.31. The van der Waals surface area contributed by atoms with E-state index in [1.54, 1.807) is 6.07 Å². The van der Waals surface area contributed by atoms with E-state index in [0.29, 0.717) is 5.69 Å². The van der Waals surface area contributed by atoms with Gasteiger partial charge in [-0.3, -0.25) is 10.1 Å². The molecule has 0 saturated carbocycles. The Balaban J connectivity index is 2.28. The standard InChI is InChI=1S/C11H7N5O2/c12-6-8-3-4-9(7-14-8)15-11-10(16(17)18)2-1-5-13-11/h1-5,7H,(H,13,15). The molecular formula is C11H7N5O2. The van der Waals surface area contributed by atoms with Gasteiger partial charge in [-0.2, -0.15) is 5.26 Å². The zero-order valence-corrected chi connectivity index (χ0v) is 9.07. The lowest BCUT2D eigenvalue weighted by Gasteiger charge is -2.04. The summed E-state index contributed by atoms with van der Waals surface area (Å²) in [5, 5.41) is 22.2. The normalized spacial score (nSPS) is 9.50. The third-order valence-electron chi connectivity index (χ3n) is 2.12. The first-order chi connectivity index (χ1) is 8.70. The van der Waals surface area contributed by atoms with Gasteiger partial charge in [-0.05, 0) is 18.2 Å². The van der Waals surface area contributed by atoms with E-state index in [0.717, 1.165) is 0 Å². The average Bonchev–Trinajstić information content (AvgIpc) is 2.40. The largest absolute Gasteiger partial charge is 0.333 e. The van der Waals surface area contributed by atoms with Crippen molar-refractivity contribution in [3.05, 3.63) is 52.5 Å². The van der Waals surface area contributed by atoms with Gasteiger partial charge in [-0.15, -0.1) is 0 Å². The van der Waals surface area contributed by atoms with E-state index in [9.17, 15) is 10.1 Å². The predicted octanol–water partition coefficient (Wildman–Crippen LogP) is 2.00. The number of rotatable bonds is 3. The molecule has 0 atom stereocenters. The molecule has 7 nitrogen and oxygen atoms in total. The molecule has 0 aliphatic heterocycles. The number of hydrogen-bond donors (Lipinski definition) is 1. The van der Waals surface area contributed by atoms with Crippen LogP contribution in [0.5, 0.6) is 0 Å². The lowest BCUT2D eigenvalue weighted by Crippen LogP contribution is -1.99. The second kappa shape index (κ2) is 4.88. The Morgan fingerprint density at radius 1 is 1.33 bits per heavy atom. The van der Waals surface area contributed by atoms with Gasteiger partial charge < -0.3 is 5.32 Å². The number of nitro groups is 1. The van der Waals surface area contributed by atoms with Crippen LogP contribution in [0.1, 0.15) is 5.69 Å². The second-order valence-electron chi connectivity index (χ2n) is 3.30. The van der Waals surface area contributed by atoms with E-state index in [1.165, 1.54) is 30.6 Å². The zero-order valence-electron chi connectivity index (χ0n) is 9.07. The molecule has 18 heavy (non-hydrogen) atoms. The highest BCUT2D eigenvalue weighted by atomic mass is 16.6. The number of hydrogen-bond acceptors (Lipinski definition) is 6. The minimum atomic E-state index is -0.521. The lowest BCUT2D eigenvalue weighted by atomic mass is 10.3. The van der Waals surface area contributed by atoms with Crippen LogP contribution in [0.4, 0.5) is 17.2 Å². The third kappa shape index (κ3) is 2.38. The van der Waals surface area contributed by atoms with Crippen LogP contribution in [0.2, 0.25) is 0 Å². The molecule has 0 bridgehead atoms. The maximum absolute atomic E-state index is 10.8. The first-order valence-corrected chi connectivity index (χ1v) is 4.93. The molecule has 2 aromatic heterocycles. The molecule has 0 saturated heterocycles. The molecule has 0 aliphatic carbocycles. The van der Waals surface area contributed by atoms with Crippen molar-refractivity contribution in [1.29, 1.82) is 5.26 Å². The summed E-state index contributed by atoms with van der Waals surface area (Å²) in [6, 6.07) is 7.84. The Morgan fingerprint density at radius 2 is 2.17 bits per heavy atom. The molecule has 0 spiro atoms. The molecule has 0 fully saturated rings. The lowest BCUT2D eigenvalue weighted by molar-refractivity contribution is -0.384. The highest BCUT2D eigenvalue weighted by molar-refractivity contribution is 5.64. The van der Waals surface area contributed by atoms with Gasteiger partial charge in [0.05, 0.1) is 16.8 Å². The summed E-state index contributed by atoms with van der Waals surface area (Å²) in [5.74, 6) is 0.133.